The first-order valence-electron chi connectivity index (χ1n) is 18.0. The first kappa shape index (κ1) is 48.2. The summed E-state index contributed by atoms with van der Waals surface area (Å²) < 4.78 is 37.0. The molecule has 0 aromatic rings. The Morgan fingerprint density at radius 1 is 0.350 bits per heavy atom. The number of fused-ring (bicyclic) bond motifs is 2. The fraction of sp³-hybridized carbons (Fsp3) is 0.579. The molecule has 1 fully saturated rings. The van der Waals surface area contributed by atoms with E-state index in [4.69, 9.17) is 10.2 Å². The molecule has 0 spiro atoms. The molecule has 332 valence electrons. The van der Waals surface area contributed by atoms with Gasteiger partial charge in [0, 0.05) is 23.7 Å². The molecule has 0 heterocycles. The van der Waals surface area contributed by atoms with Gasteiger partial charge in [-0.25, -0.2) is 19.2 Å². The second kappa shape index (κ2) is 20.2. The van der Waals surface area contributed by atoms with E-state index in [1.165, 1.54) is 0 Å². The smallest absolute Gasteiger partial charge is 0.337 e. The molecule has 0 bridgehead atoms. The number of carbonyl (C=O) groups is 8. The van der Waals surface area contributed by atoms with Gasteiger partial charge >= 0.3 is 47.8 Å². The van der Waals surface area contributed by atoms with Gasteiger partial charge in [-0.1, -0.05) is 0 Å². The molecule has 5 aliphatic rings. The molecule has 0 saturated heterocycles. The number of aliphatic hydroxyl groups excluding tert-OH is 6. The highest BCUT2D eigenvalue weighted by molar-refractivity contribution is 6.01. The second-order valence-electron chi connectivity index (χ2n) is 13.7. The SMILES string of the molecule is COC(=O)C1=C(O)[C@@H](C(=O)OC)[C@@H]2C(C(=O)OC)=C(O)[C@@H](C(=O)OC)[C@H]12.COC(=O)C1=C(O)[C@H](C(=O)OC)[C@H]2C(C(=O)OC)=C(O)[C@H](C(=O)OC)[C@@H]12.OC1CCC(O)CC1. The standard InChI is InChI=1S/2C16H18O10.C6H12O2/c2*1-23-13(19)7-5-6(9(11(7)17)15(21)25-3)10(16(22)26-4)12(18)8(5)14(20)24-2;7-5-1-2-6(8)4-3-5/h2*5-7,10,17-18H,1-4H3;5-8H,1-4H2/t2*5-,6+,7+,10+;/m10./s1. The minimum absolute atomic E-state index is 0.140. The van der Waals surface area contributed by atoms with Crippen LogP contribution >= 0.6 is 0 Å². The highest BCUT2D eigenvalue weighted by Crippen LogP contribution is 2.57. The molecule has 0 aromatic heterocycles. The number of carbonyl (C=O) groups excluding carboxylic acids is 8. The van der Waals surface area contributed by atoms with Gasteiger partial charge in [0.05, 0.1) is 91.4 Å². The molecular weight excluding hydrogens is 808 g/mol. The van der Waals surface area contributed by atoms with E-state index in [-0.39, 0.29) is 12.2 Å². The Kier molecular flexibility index (Phi) is 16.2. The number of rotatable bonds is 8. The molecule has 8 atom stereocenters. The minimum atomic E-state index is -1.50. The highest BCUT2D eigenvalue weighted by atomic mass is 16.6. The average Bonchev–Trinajstić information content (AvgIpc) is 3.90. The van der Waals surface area contributed by atoms with Gasteiger partial charge in [0.2, 0.25) is 0 Å². The summed E-state index contributed by atoms with van der Waals surface area (Å²) in [6, 6.07) is 0. The van der Waals surface area contributed by atoms with Crippen LogP contribution in [0.2, 0.25) is 0 Å². The summed E-state index contributed by atoms with van der Waals surface area (Å²) in [5.74, 6) is -21.7. The lowest BCUT2D eigenvalue weighted by Gasteiger charge is -2.21. The van der Waals surface area contributed by atoms with E-state index in [1.807, 2.05) is 0 Å². The van der Waals surface area contributed by atoms with Crippen molar-refractivity contribution in [3.8, 4) is 0 Å². The van der Waals surface area contributed by atoms with Crippen LogP contribution in [0.15, 0.2) is 45.3 Å². The quantitative estimate of drug-likeness (QED) is 0.137. The maximum absolute atomic E-state index is 12.2. The Morgan fingerprint density at radius 3 is 0.650 bits per heavy atom. The third kappa shape index (κ3) is 8.74. The number of ether oxygens (including phenoxy) is 8. The van der Waals surface area contributed by atoms with Crippen LogP contribution in [0.3, 0.4) is 0 Å². The van der Waals surface area contributed by atoms with Gasteiger partial charge < -0.3 is 68.5 Å². The topological polar surface area (TPSA) is 332 Å². The summed E-state index contributed by atoms with van der Waals surface area (Å²) in [7, 11) is 8.37. The normalized spacial score (nSPS) is 28.8. The number of hydrogen-bond acceptors (Lipinski definition) is 22. The summed E-state index contributed by atoms with van der Waals surface area (Å²) >= 11 is 0. The van der Waals surface area contributed by atoms with Gasteiger partial charge in [-0.2, -0.15) is 0 Å². The van der Waals surface area contributed by atoms with E-state index in [0.717, 1.165) is 82.6 Å². The van der Waals surface area contributed by atoms with E-state index < -0.39 is 140 Å². The largest absolute Gasteiger partial charge is 0.511 e. The van der Waals surface area contributed by atoms with Crippen LogP contribution in [-0.4, -0.2) is 147 Å². The van der Waals surface area contributed by atoms with Crippen LogP contribution in [-0.2, 0) is 76.3 Å². The van der Waals surface area contributed by atoms with Gasteiger partial charge in [-0.15, -0.1) is 0 Å². The second-order valence-corrected chi connectivity index (χ2v) is 13.7. The number of esters is 8. The van der Waals surface area contributed by atoms with Crippen LogP contribution in [0, 0.1) is 47.3 Å². The van der Waals surface area contributed by atoms with Gasteiger partial charge in [0.25, 0.3) is 0 Å². The molecule has 1 saturated carbocycles. The van der Waals surface area contributed by atoms with E-state index in [9.17, 15) is 58.8 Å². The van der Waals surface area contributed by atoms with E-state index >= 15 is 0 Å². The predicted octanol–water partition coefficient (Wildman–Crippen LogP) is -0.129. The summed E-state index contributed by atoms with van der Waals surface area (Å²) in [5.41, 5.74) is -1.63. The maximum Gasteiger partial charge on any atom is 0.337 e. The third-order valence-electron chi connectivity index (χ3n) is 10.9. The monoisotopic (exact) mass is 856 g/mol. The van der Waals surface area contributed by atoms with Crippen molar-refractivity contribution < 1.29 is 107 Å². The summed E-state index contributed by atoms with van der Waals surface area (Å²) in [6.45, 7) is 0. The van der Waals surface area contributed by atoms with Crippen molar-refractivity contribution >= 4 is 47.8 Å². The van der Waals surface area contributed by atoms with Crippen LogP contribution in [0.25, 0.3) is 0 Å². The number of hydrogen-bond donors (Lipinski definition) is 6. The van der Waals surface area contributed by atoms with Crippen molar-refractivity contribution in [3.05, 3.63) is 45.3 Å². The molecule has 60 heavy (non-hydrogen) atoms. The molecule has 5 rings (SSSR count). The summed E-state index contributed by atoms with van der Waals surface area (Å²) in [6.07, 6.45) is 2.83. The molecule has 5 aliphatic carbocycles. The lowest BCUT2D eigenvalue weighted by Crippen LogP contribution is -2.32. The number of aliphatic hydroxyl groups is 6. The average molecular weight is 857 g/mol. The molecule has 22 heteroatoms. The van der Waals surface area contributed by atoms with Crippen molar-refractivity contribution in [2.24, 2.45) is 47.3 Å². The fourth-order valence-electron chi connectivity index (χ4n) is 8.25. The van der Waals surface area contributed by atoms with Crippen LogP contribution in [0.5, 0.6) is 0 Å². The van der Waals surface area contributed by atoms with E-state index in [0.29, 0.717) is 0 Å². The van der Waals surface area contributed by atoms with Gasteiger partial charge in [0.15, 0.2) is 0 Å². The Morgan fingerprint density at radius 2 is 0.517 bits per heavy atom. The maximum atomic E-state index is 12.2. The molecule has 0 aromatic carbocycles. The van der Waals surface area contributed by atoms with Crippen LogP contribution in [0.1, 0.15) is 25.7 Å². The molecular formula is C38H48O22. The van der Waals surface area contributed by atoms with Crippen LogP contribution in [0.4, 0.5) is 0 Å². The first-order valence-corrected chi connectivity index (χ1v) is 18.0. The van der Waals surface area contributed by atoms with Crippen molar-refractivity contribution in [3.63, 3.8) is 0 Å². The number of methoxy groups -OCH3 is 8. The Labute approximate surface area is 341 Å². The van der Waals surface area contributed by atoms with Crippen molar-refractivity contribution in [1.82, 2.24) is 0 Å². The highest BCUT2D eigenvalue weighted by Gasteiger charge is 2.64. The molecule has 6 N–H and O–H groups in total. The Bertz CT molecular complexity index is 1620. The van der Waals surface area contributed by atoms with Crippen LogP contribution < -0.4 is 0 Å². The van der Waals surface area contributed by atoms with Crippen molar-refractivity contribution in [2.75, 3.05) is 56.9 Å². The fourth-order valence-corrected chi connectivity index (χ4v) is 8.25. The van der Waals surface area contributed by atoms with Gasteiger partial charge in [-0.05, 0) is 25.7 Å². The van der Waals surface area contributed by atoms with Gasteiger partial charge in [-0.3, -0.25) is 19.2 Å². The van der Waals surface area contributed by atoms with Crippen molar-refractivity contribution in [2.45, 2.75) is 37.9 Å². The summed E-state index contributed by atoms with van der Waals surface area (Å²) in [5, 5.41) is 59.7. The molecule has 0 aliphatic heterocycles. The zero-order chi connectivity index (χ0) is 45.5. The Hall–Kier alpha value is -6.16. The van der Waals surface area contributed by atoms with E-state index in [2.05, 4.69) is 37.9 Å². The zero-order valence-electron chi connectivity index (χ0n) is 33.8. The van der Waals surface area contributed by atoms with E-state index in [1.54, 1.807) is 0 Å². The lowest BCUT2D eigenvalue weighted by atomic mass is 9.81. The van der Waals surface area contributed by atoms with Crippen molar-refractivity contribution in [1.29, 1.82) is 0 Å². The zero-order valence-corrected chi connectivity index (χ0v) is 33.8. The molecule has 22 nitrogen and oxygen atoms in total. The first-order chi connectivity index (χ1) is 28.3. The lowest BCUT2D eigenvalue weighted by molar-refractivity contribution is -0.150. The third-order valence-corrected chi connectivity index (χ3v) is 10.9. The predicted molar refractivity (Wildman–Crippen MR) is 193 cm³/mol. The molecule has 0 amide bonds. The Balaban J connectivity index is 0.000000270. The molecule has 0 unspecified atom stereocenters. The molecule has 0 radical (unpaired) electrons. The van der Waals surface area contributed by atoms with Gasteiger partial charge in [0.1, 0.15) is 46.7 Å². The minimum Gasteiger partial charge on any atom is -0.511 e. The summed E-state index contributed by atoms with van der Waals surface area (Å²) in [4.78, 5) is 97.5.